The molecule has 2 N–H and O–H groups in total. The summed E-state index contributed by atoms with van der Waals surface area (Å²) >= 11 is 0. The molecule has 154 valence electrons. The molecule has 6 rings (SSSR count). The average molecular weight is 410 g/mol. The van der Waals surface area contributed by atoms with E-state index in [1.807, 2.05) is 31.7 Å². The predicted octanol–water partition coefficient (Wildman–Crippen LogP) is 2.84. The first kappa shape index (κ1) is 18.1. The van der Waals surface area contributed by atoms with Crippen molar-refractivity contribution in [3.63, 3.8) is 0 Å². The normalized spacial score (nSPS) is 20.3. The first-order valence-corrected chi connectivity index (χ1v) is 10.6. The van der Waals surface area contributed by atoms with E-state index in [2.05, 4.69) is 43.5 Å². The Hall–Kier alpha value is -3.70. The molecule has 4 aromatic rings. The highest BCUT2D eigenvalue weighted by molar-refractivity contribution is 5.98. The second kappa shape index (κ2) is 6.93. The molecule has 6 heterocycles. The summed E-state index contributed by atoms with van der Waals surface area (Å²) in [6.45, 7) is 2.00. The Labute approximate surface area is 179 Å². The minimum Gasteiger partial charge on any atom is -0.353 e. The van der Waals surface area contributed by atoms with Crippen LogP contribution in [-0.4, -0.2) is 49.9 Å². The van der Waals surface area contributed by atoms with Crippen LogP contribution in [0.1, 0.15) is 18.4 Å². The van der Waals surface area contributed by atoms with Crippen LogP contribution in [0.2, 0.25) is 0 Å². The predicted molar refractivity (Wildman–Crippen MR) is 118 cm³/mol. The van der Waals surface area contributed by atoms with Gasteiger partial charge in [0.2, 0.25) is 0 Å². The lowest BCUT2D eigenvalue weighted by Crippen LogP contribution is -2.51. The molecule has 8 nitrogen and oxygen atoms in total. The standard InChI is InChI=1S/C23H22N8/c1-30-11-16(10-27-30)20-6-19-22(15(7-24)9-26-23(19)29-20)14-2-5-21(25-8-14)31-12-17-3-4-18(13-31)28-17/h2,5-6,8-11,17-18,28H,3-4,12-13H2,1H3,(H,26,29). The van der Waals surface area contributed by atoms with E-state index < -0.39 is 0 Å². The molecule has 0 amide bonds. The maximum absolute atomic E-state index is 9.74. The lowest BCUT2D eigenvalue weighted by molar-refractivity contribution is 0.463. The smallest absolute Gasteiger partial charge is 0.138 e. The van der Waals surface area contributed by atoms with E-state index in [4.69, 9.17) is 4.98 Å². The van der Waals surface area contributed by atoms with E-state index in [9.17, 15) is 5.26 Å². The van der Waals surface area contributed by atoms with Crippen LogP contribution in [0.4, 0.5) is 5.82 Å². The van der Waals surface area contributed by atoms with E-state index in [0.29, 0.717) is 17.6 Å². The topological polar surface area (TPSA) is 98.5 Å². The van der Waals surface area contributed by atoms with Crippen molar-refractivity contribution >= 4 is 16.9 Å². The van der Waals surface area contributed by atoms with Gasteiger partial charge in [0.25, 0.3) is 0 Å². The third kappa shape index (κ3) is 3.05. The molecule has 2 aliphatic heterocycles. The zero-order valence-corrected chi connectivity index (χ0v) is 17.2. The van der Waals surface area contributed by atoms with Crippen molar-refractivity contribution in [3.05, 3.63) is 48.5 Å². The Morgan fingerprint density at radius 1 is 1.06 bits per heavy atom. The van der Waals surface area contributed by atoms with Gasteiger partial charge in [-0.2, -0.15) is 10.4 Å². The summed E-state index contributed by atoms with van der Waals surface area (Å²) in [7, 11) is 1.89. The highest BCUT2D eigenvalue weighted by Crippen LogP contribution is 2.34. The first-order chi connectivity index (χ1) is 15.2. The minimum absolute atomic E-state index is 0.541. The van der Waals surface area contributed by atoms with Crippen LogP contribution in [0.15, 0.2) is 43.0 Å². The van der Waals surface area contributed by atoms with Gasteiger partial charge in [0, 0.05) is 72.9 Å². The van der Waals surface area contributed by atoms with Crippen molar-refractivity contribution in [1.82, 2.24) is 30.0 Å². The van der Waals surface area contributed by atoms with E-state index in [0.717, 1.165) is 52.3 Å². The number of piperazine rings is 1. The third-order valence-electron chi connectivity index (χ3n) is 6.37. The Morgan fingerprint density at radius 3 is 2.58 bits per heavy atom. The van der Waals surface area contributed by atoms with Crippen LogP contribution in [0, 0.1) is 11.3 Å². The fourth-order valence-electron chi connectivity index (χ4n) is 4.89. The fourth-order valence-corrected chi connectivity index (χ4v) is 4.89. The fraction of sp³-hybridized carbons (Fsp3) is 0.304. The number of rotatable bonds is 3. The highest BCUT2D eigenvalue weighted by Gasteiger charge is 2.32. The number of hydrogen-bond acceptors (Lipinski definition) is 6. The molecule has 2 atom stereocenters. The van der Waals surface area contributed by atoms with Gasteiger partial charge in [-0.3, -0.25) is 4.68 Å². The number of anilines is 1. The number of nitrogens with one attached hydrogen (secondary N) is 2. The molecule has 0 radical (unpaired) electrons. The van der Waals surface area contributed by atoms with Crippen LogP contribution in [0.3, 0.4) is 0 Å². The SMILES string of the molecule is Cn1cc(-c2cc3c(-c4ccc(N5CC6CCC(C5)N6)nc4)c(C#N)cnc3[nH]2)cn1. The number of pyridine rings is 2. The zero-order chi connectivity index (χ0) is 20.9. The molecule has 0 spiro atoms. The number of nitrogens with zero attached hydrogens (tertiary/aromatic N) is 6. The van der Waals surface area contributed by atoms with Gasteiger partial charge in [0.15, 0.2) is 0 Å². The molecular formula is C23H22N8. The molecule has 0 aromatic carbocycles. The Bertz CT molecular complexity index is 1300. The van der Waals surface area contributed by atoms with Gasteiger partial charge >= 0.3 is 0 Å². The maximum Gasteiger partial charge on any atom is 0.138 e. The second-order valence-corrected chi connectivity index (χ2v) is 8.45. The Morgan fingerprint density at radius 2 is 1.90 bits per heavy atom. The molecule has 0 aliphatic carbocycles. The van der Waals surface area contributed by atoms with Gasteiger partial charge in [-0.1, -0.05) is 0 Å². The van der Waals surface area contributed by atoms with Gasteiger partial charge < -0.3 is 15.2 Å². The third-order valence-corrected chi connectivity index (χ3v) is 6.37. The van der Waals surface area contributed by atoms with Crippen molar-refractivity contribution in [3.8, 4) is 28.5 Å². The minimum atomic E-state index is 0.541. The zero-order valence-electron chi connectivity index (χ0n) is 17.2. The van der Waals surface area contributed by atoms with Crippen LogP contribution in [0.25, 0.3) is 33.4 Å². The van der Waals surface area contributed by atoms with E-state index >= 15 is 0 Å². The number of hydrogen-bond donors (Lipinski definition) is 2. The van der Waals surface area contributed by atoms with Crippen molar-refractivity contribution in [1.29, 1.82) is 5.26 Å². The largest absolute Gasteiger partial charge is 0.353 e. The number of aromatic nitrogens is 5. The van der Waals surface area contributed by atoms with Crippen molar-refractivity contribution in [2.45, 2.75) is 24.9 Å². The maximum atomic E-state index is 9.74. The summed E-state index contributed by atoms with van der Waals surface area (Å²) in [6.07, 6.45) is 9.76. The number of aromatic amines is 1. The van der Waals surface area contributed by atoms with Gasteiger partial charge in [0.05, 0.1) is 17.5 Å². The first-order valence-electron chi connectivity index (χ1n) is 10.6. The van der Waals surface area contributed by atoms with Gasteiger partial charge in [-0.05, 0) is 31.0 Å². The average Bonchev–Trinajstić information content (AvgIpc) is 3.51. The lowest BCUT2D eigenvalue weighted by atomic mass is 10.00. The van der Waals surface area contributed by atoms with Crippen LogP contribution < -0.4 is 10.2 Å². The van der Waals surface area contributed by atoms with Crippen LogP contribution in [0.5, 0.6) is 0 Å². The van der Waals surface area contributed by atoms with E-state index in [1.54, 1.807) is 10.9 Å². The van der Waals surface area contributed by atoms with Crippen molar-refractivity contribution < 1.29 is 0 Å². The van der Waals surface area contributed by atoms with E-state index in [1.165, 1.54) is 12.8 Å². The van der Waals surface area contributed by atoms with Gasteiger partial charge in [-0.25, -0.2) is 9.97 Å². The molecule has 0 saturated carbocycles. The molecule has 2 unspecified atom stereocenters. The van der Waals surface area contributed by atoms with Crippen LogP contribution >= 0.6 is 0 Å². The quantitative estimate of drug-likeness (QED) is 0.539. The second-order valence-electron chi connectivity index (χ2n) is 8.45. The molecule has 2 aliphatic rings. The number of fused-ring (bicyclic) bond motifs is 3. The molecule has 2 saturated heterocycles. The lowest BCUT2D eigenvalue weighted by Gasteiger charge is -2.33. The molecule has 4 aromatic heterocycles. The monoisotopic (exact) mass is 410 g/mol. The van der Waals surface area contributed by atoms with Crippen LogP contribution in [-0.2, 0) is 7.05 Å². The van der Waals surface area contributed by atoms with E-state index in [-0.39, 0.29) is 0 Å². The Balaban J connectivity index is 1.40. The van der Waals surface area contributed by atoms with Crippen molar-refractivity contribution in [2.75, 3.05) is 18.0 Å². The summed E-state index contributed by atoms with van der Waals surface area (Å²) < 4.78 is 1.76. The highest BCUT2D eigenvalue weighted by atomic mass is 15.3. The molecule has 2 bridgehead atoms. The molecule has 8 heteroatoms. The van der Waals surface area contributed by atoms with Gasteiger partial charge in [0.1, 0.15) is 17.5 Å². The summed E-state index contributed by atoms with van der Waals surface area (Å²) in [5, 5.41) is 18.6. The molecule has 31 heavy (non-hydrogen) atoms. The summed E-state index contributed by atoms with van der Waals surface area (Å²) in [5.74, 6) is 0.996. The number of H-pyrrole nitrogens is 1. The number of aryl methyl sites for hydroxylation is 1. The summed E-state index contributed by atoms with van der Waals surface area (Å²) in [4.78, 5) is 15.0. The molecule has 2 fully saturated rings. The van der Waals surface area contributed by atoms with Crippen molar-refractivity contribution in [2.24, 2.45) is 7.05 Å². The summed E-state index contributed by atoms with van der Waals surface area (Å²) in [6, 6.07) is 9.61. The van der Waals surface area contributed by atoms with Gasteiger partial charge in [-0.15, -0.1) is 0 Å². The number of nitriles is 1. The molecular weight excluding hydrogens is 388 g/mol. The Kier molecular flexibility index (Phi) is 4.04. The summed E-state index contributed by atoms with van der Waals surface area (Å²) in [5.41, 5.74) is 4.97.